The van der Waals surface area contributed by atoms with Crippen molar-refractivity contribution in [2.24, 2.45) is 5.92 Å². The fraction of sp³-hybridized carbons (Fsp3) is 0.423. The van der Waals surface area contributed by atoms with E-state index in [9.17, 15) is 14.4 Å². The van der Waals surface area contributed by atoms with E-state index in [1.54, 1.807) is 41.3 Å². The van der Waals surface area contributed by atoms with E-state index in [-0.39, 0.29) is 30.7 Å². The van der Waals surface area contributed by atoms with Crippen LogP contribution in [-0.4, -0.2) is 68.6 Å². The smallest absolute Gasteiger partial charge is 0.253 e. The van der Waals surface area contributed by atoms with Crippen LogP contribution in [0.25, 0.3) is 0 Å². The molecule has 0 saturated carbocycles. The van der Waals surface area contributed by atoms with Crippen LogP contribution < -0.4 is 15.5 Å². The fourth-order valence-corrected chi connectivity index (χ4v) is 4.62. The Morgan fingerprint density at radius 2 is 1.89 bits per heavy atom. The summed E-state index contributed by atoms with van der Waals surface area (Å²) < 4.78 is 5.36. The maximum atomic E-state index is 13.0. The highest BCUT2D eigenvalue weighted by molar-refractivity contribution is 6.31. The number of para-hydroxylation sites is 1. The Labute approximate surface area is 210 Å². The Balaban J connectivity index is 1.33. The molecule has 0 unspecified atom stereocenters. The van der Waals surface area contributed by atoms with Gasteiger partial charge in [0, 0.05) is 43.3 Å². The van der Waals surface area contributed by atoms with Crippen LogP contribution in [0.5, 0.6) is 0 Å². The first kappa shape index (κ1) is 25.2. The van der Waals surface area contributed by atoms with E-state index in [0.717, 1.165) is 50.5 Å². The number of ether oxygens (including phenoxy) is 1. The number of morpholine rings is 1. The molecule has 1 atom stereocenters. The number of amides is 3. The van der Waals surface area contributed by atoms with E-state index in [2.05, 4.69) is 15.5 Å². The van der Waals surface area contributed by atoms with Crippen LogP contribution in [0.1, 0.15) is 28.8 Å². The molecule has 35 heavy (non-hydrogen) atoms. The van der Waals surface area contributed by atoms with Gasteiger partial charge in [-0.1, -0.05) is 29.8 Å². The largest absolute Gasteiger partial charge is 0.379 e. The first-order chi connectivity index (χ1) is 16.9. The topological polar surface area (TPSA) is 91.0 Å². The van der Waals surface area contributed by atoms with Crippen molar-refractivity contribution in [2.45, 2.75) is 19.8 Å². The number of nitrogens with zero attached hydrogens (tertiary/aromatic N) is 2. The molecule has 0 radical (unpaired) electrons. The van der Waals surface area contributed by atoms with Gasteiger partial charge in [0.2, 0.25) is 11.8 Å². The number of hydrogen-bond acceptors (Lipinski definition) is 5. The van der Waals surface area contributed by atoms with Crippen molar-refractivity contribution in [2.75, 3.05) is 56.2 Å². The van der Waals surface area contributed by atoms with Gasteiger partial charge in [0.15, 0.2) is 0 Å². The molecule has 2 aromatic carbocycles. The SMILES string of the molecule is Cc1c(Cl)cccc1N1C[C@@H](C(=O)Nc2ccccc2C(=O)NCCCN2CCOCC2)CC1=O. The normalized spacial score (nSPS) is 18.5. The zero-order valence-electron chi connectivity index (χ0n) is 19.9. The molecule has 4 rings (SSSR count). The molecule has 3 amide bonds. The van der Waals surface area contributed by atoms with Crippen LogP contribution in [0.3, 0.4) is 0 Å². The number of halogens is 1. The van der Waals surface area contributed by atoms with Gasteiger partial charge in [0.1, 0.15) is 0 Å². The van der Waals surface area contributed by atoms with Crippen molar-refractivity contribution in [3.63, 3.8) is 0 Å². The number of benzene rings is 2. The Bertz CT molecular complexity index is 1090. The van der Waals surface area contributed by atoms with Gasteiger partial charge in [-0.3, -0.25) is 19.3 Å². The quantitative estimate of drug-likeness (QED) is 0.546. The van der Waals surface area contributed by atoms with Crippen LogP contribution in [-0.2, 0) is 14.3 Å². The maximum absolute atomic E-state index is 13.0. The van der Waals surface area contributed by atoms with Crippen LogP contribution in [0.2, 0.25) is 5.02 Å². The summed E-state index contributed by atoms with van der Waals surface area (Å²) in [7, 11) is 0. The lowest BCUT2D eigenvalue weighted by atomic mass is 10.1. The molecule has 2 aliphatic heterocycles. The fourth-order valence-electron chi connectivity index (χ4n) is 4.45. The van der Waals surface area contributed by atoms with Crippen LogP contribution in [0.15, 0.2) is 42.5 Å². The highest BCUT2D eigenvalue weighted by Crippen LogP contribution is 2.32. The maximum Gasteiger partial charge on any atom is 0.253 e. The van der Waals surface area contributed by atoms with Crippen molar-refractivity contribution >= 4 is 40.7 Å². The molecule has 2 aliphatic rings. The number of hydrogen-bond donors (Lipinski definition) is 2. The molecular weight excluding hydrogens is 468 g/mol. The van der Waals surface area contributed by atoms with E-state index in [0.29, 0.717) is 22.8 Å². The van der Waals surface area contributed by atoms with Crippen molar-refractivity contribution in [3.05, 3.63) is 58.6 Å². The average molecular weight is 499 g/mol. The zero-order chi connectivity index (χ0) is 24.8. The standard InChI is InChI=1S/C26H31ClN4O4/c1-18-21(27)7-4-9-23(18)31-17-19(16-24(31)32)25(33)29-22-8-3-2-6-20(22)26(34)28-10-5-11-30-12-14-35-15-13-30/h2-4,6-9,19H,5,10-17H2,1H3,(H,28,34)(H,29,33)/t19-/m0/s1. The number of anilines is 2. The van der Waals surface area contributed by atoms with E-state index >= 15 is 0 Å². The molecule has 2 N–H and O–H groups in total. The van der Waals surface area contributed by atoms with Gasteiger partial charge < -0.3 is 20.3 Å². The molecule has 9 heteroatoms. The average Bonchev–Trinajstić information content (AvgIpc) is 3.26. The highest BCUT2D eigenvalue weighted by Gasteiger charge is 2.36. The first-order valence-corrected chi connectivity index (χ1v) is 12.4. The third-order valence-electron chi connectivity index (χ3n) is 6.50. The second-order valence-electron chi connectivity index (χ2n) is 8.89. The molecule has 2 heterocycles. The summed E-state index contributed by atoms with van der Waals surface area (Å²) in [4.78, 5) is 42.4. The third kappa shape index (κ3) is 6.20. The van der Waals surface area contributed by atoms with Gasteiger partial charge in [-0.25, -0.2) is 0 Å². The summed E-state index contributed by atoms with van der Waals surface area (Å²) in [5.74, 6) is -1.16. The minimum absolute atomic E-state index is 0.105. The van der Waals surface area contributed by atoms with Crippen LogP contribution in [0.4, 0.5) is 11.4 Å². The Kier molecular flexibility index (Phi) is 8.38. The van der Waals surface area contributed by atoms with Gasteiger partial charge in [0.25, 0.3) is 5.91 Å². The summed E-state index contributed by atoms with van der Waals surface area (Å²) in [6.07, 6.45) is 0.941. The van der Waals surface area contributed by atoms with Crippen molar-refractivity contribution in [1.29, 1.82) is 0 Å². The summed E-state index contributed by atoms with van der Waals surface area (Å²) in [6.45, 7) is 6.91. The number of nitrogens with one attached hydrogen (secondary N) is 2. The van der Waals surface area contributed by atoms with Gasteiger partial charge >= 0.3 is 0 Å². The second kappa shape index (κ2) is 11.7. The molecule has 186 valence electrons. The van der Waals surface area contributed by atoms with Gasteiger partial charge in [-0.2, -0.15) is 0 Å². The molecule has 0 bridgehead atoms. The summed E-state index contributed by atoms with van der Waals surface area (Å²) >= 11 is 6.22. The van der Waals surface area contributed by atoms with E-state index < -0.39 is 5.92 Å². The van der Waals surface area contributed by atoms with Gasteiger partial charge in [0.05, 0.1) is 30.4 Å². The van der Waals surface area contributed by atoms with Crippen LogP contribution in [0, 0.1) is 12.8 Å². The lowest BCUT2D eigenvalue weighted by molar-refractivity contribution is -0.122. The Morgan fingerprint density at radius 1 is 1.11 bits per heavy atom. The van der Waals surface area contributed by atoms with Gasteiger partial charge in [-0.05, 0) is 49.7 Å². The molecule has 8 nitrogen and oxygen atoms in total. The van der Waals surface area contributed by atoms with E-state index in [4.69, 9.17) is 16.3 Å². The predicted octanol–water partition coefficient (Wildman–Crippen LogP) is 3.09. The molecular formula is C26H31ClN4O4. The summed E-state index contributed by atoms with van der Waals surface area (Å²) in [5, 5.41) is 6.39. The molecule has 0 spiro atoms. The third-order valence-corrected chi connectivity index (χ3v) is 6.91. The molecule has 2 saturated heterocycles. The van der Waals surface area contributed by atoms with E-state index in [1.807, 2.05) is 13.0 Å². The Morgan fingerprint density at radius 3 is 2.69 bits per heavy atom. The summed E-state index contributed by atoms with van der Waals surface area (Å²) in [5.41, 5.74) is 2.36. The number of carbonyl (C=O) groups is 3. The molecule has 0 aromatic heterocycles. The lowest BCUT2D eigenvalue weighted by Crippen LogP contribution is -2.38. The molecule has 0 aliphatic carbocycles. The van der Waals surface area contributed by atoms with Crippen molar-refractivity contribution in [3.8, 4) is 0 Å². The minimum atomic E-state index is -0.523. The van der Waals surface area contributed by atoms with Crippen molar-refractivity contribution in [1.82, 2.24) is 10.2 Å². The van der Waals surface area contributed by atoms with E-state index in [1.165, 1.54) is 0 Å². The second-order valence-corrected chi connectivity index (χ2v) is 9.29. The summed E-state index contributed by atoms with van der Waals surface area (Å²) in [6, 6.07) is 12.3. The first-order valence-electron chi connectivity index (χ1n) is 12.0. The van der Waals surface area contributed by atoms with Gasteiger partial charge in [-0.15, -0.1) is 0 Å². The highest BCUT2D eigenvalue weighted by atomic mass is 35.5. The molecule has 2 fully saturated rings. The zero-order valence-corrected chi connectivity index (χ0v) is 20.6. The number of carbonyl (C=O) groups excluding carboxylic acids is 3. The van der Waals surface area contributed by atoms with Crippen molar-refractivity contribution < 1.29 is 19.1 Å². The number of rotatable bonds is 8. The Hall–Kier alpha value is -2.94. The predicted molar refractivity (Wildman–Crippen MR) is 136 cm³/mol. The molecule has 2 aromatic rings. The lowest BCUT2D eigenvalue weighted by Gasteiger charge is -2.26. The minimum Gasteiger partial charge on any atom is -0.379 e. The monoisotopic (exact) mass is 498 g/mol. The van der Waals surface area contributed by atoms with Crippen LogP contribution >= 0.6 is 11.6 Å².